The van der Waals surface area contributed by atoms with Crippen LogP contribution in [0, 0.1) is 6.92 Å². The average Bonchev–Trinajstić information content (AvgIpc) is 3.15. The van der Waals surface area contributed by atoms with Gasteiger partial charge in [-0.25, -0.2) is 4.98 Å². The van der Waals surface area contributed by atoms with E-state index in [1.54, 1.807) is 0 Å². The van der Waals surface area contributed by atoms with Crippen LogP contribution < -0.4 is 15.6 Å². The van der Waals surface area contributed by atoms with Gasteiger partial charge in [0.15, 0.2) is 0 Å². The van der Waals surface area contributed by atoms with Crippen molar-refractivity contribution in [3.63, 3.8) is 0 Å². The number of nitrogens with one attached hydrogen (secondary N) is 2. The van der Waals surface area contributed by atoms with Crippen molar-refractivity contribution >= 4 is 11.5 Å². The van der Waals surface area contributed by atoms with Gasteiger partial charge >= 0.3 is 0 Å². The highest BCUT2D eigenvalue weighted by molar-refractivity contribution is 5.46. The van der Waals surface area contributed by atoms with Crippen LogP contribution in [0.25, 0.3) is 5.78 Å². The first-order valence-electron chi connectivity index (χ1n) is 9.62. The Morgan fingerprint density at radius 3 is 2.55 bits per heavy atom. The maximum atomic E-state index is 13.0. The van der Waals surface area contributed by atoms with E-state index < -0.39 is 0 Å². The topological polar surface area (TPSA) is 84.3 Å². The SMILES string of the molecule is CCOc1ccc(NCc2nc3nc(C)c(Cc4ccccc4)c(=O)n3[nH]2)cc1. The number of benzene rings is 2. The summed E-state index contributed by atoms with van der Waals surface area (Å²) in [6.07, 6.45) is 0.542. The summed E-state index contributed by atoms with van der Waals surface area (Å²) < 4.78 is 6.87. The molecule has 0 atom stereocenters. The number of aromatic amines is 1. The first-order chi connectivity index (χ1) is 14.1. The molecule has 0 saturated carbocycles. The number of hydrogen-bond acceptors (Lipinski definition) is 5. The van der Waals surface area contributed by atoms with Gasteiger partial charge in [-0.1, -0.05) is 30.3 Å². The number of aryl methyl sites for hydroxylation is 1. The zero-order valence-electron chi connectivity index (χ0n) is 16.5. The summed E-state index contributed by atoms with van der Waals surface area (Å²) in [5.41, 5.74) is 3.28. The van der Waals surface area contributed by atoms with Crippen molar-refractivity contribution in [1.82, 2.24) is 19.6 Å². The Morgan fingerprint density at radius 1 is 1.07 bits per heavy atom. The predicted octanol–water partition coefficient (Wildman–Crippen LogP) is 3.33. The van der Waals surface area contributed by atoms with E-state index in [4.69, 9.17) is 4.74 Å². The van der Waals surface area contributed by atoms with E-state index >= 15 is 0 Å². The fraction of sp³-hybridized carbons (Fsp3) is 0.227. The molecule has 7 nitrogen and oxygen atoms in total. The fourth-order valence-corrected chi connectivity index (χ4v) is 3.20. The summed E-state index contributed by atoms with van der Waals surface area (Å²) in [6.45, 7) is 4.89. The molecule has 0 unspecified atom stereocenters. The van der Waals surface area contributed by atoms with Gasteiger partial charge in [0, 0.05) is 17.7 Å². The molecule has 0 radical (unpaired) electrons. The lowest BCUT2D eigenvalue weighted by Gasteiger charge is -2.06. The van der Waals surface area contributed by atoms with Crippen LogP contribution >= 0.6 is 0 Å². The third-order valence-electron chi connectivity index (χ3n) is 4.69. The maximum Gasteiger partial charge on any atom is 0.277 e. The van der Waals surface area contributed by atoms with Crippen LogP contribution in [0.5, 0.6) is 5.75 Å². The Balaban J connectivity index is 1.54. The Kier molecular flexibility index (Phi) is 5.29. The van der Waals surface area contributed by atoms with Gasteiger partial charge in [-0.05, 0) is 43.7 Å². The molecule has 0 aliphatic heterocycles. The number of aromatic nitrogens is 4. The molecule has 2 aromatic heterocycles. The van der Waals surface area contributed by atoms with Crippen molar-refractivity contribution in [3.05, 3.63) is 87.6 Å². The molecule has 2 heterocycles. The lowest BCUT2D eigenvalue weighted by atomic mass is 10.1. The van der Waals surface area contributed by atoms with Crippen molar-refractivity contribution < 1.29 is 4.74 Å². The van der Waals surface area contributed by atoms with Gasteiger partial charge in [-0.15, -0.1) is 0 Å². The van der Waals surface area contributed by atoms with E-state index in [1.807, 2.05) is 68.4 Å². The summed E-state index contributed by atoms with van der Waals surface area (Å²) in [5, 5.41) is 6.35. The Bertz CT molecular complexity index is 1160. The molecule has 7 heteroatoms. The molecular weight excluding hydrogens is 366 g/mol. The largest absolute Gasteiger partial charge is 0.494 e. The monoisotopic (exact) mass is 389 g/mol. The summed E-state index contributed by atoms with van der Waals surface area (Å²) in [5.74, 6) is 1.85. The van der Waals surface area contributed by atoms with E-state index in [9.17, 15) is 4.79 Å². The van der Waals surface area contributed by atoms with Crippen LogP contribution in [0.4, 0.5) is 5.69 Å². The van der Waals surface area contributed by atoms with Crippen molar-refractivity contribution in [2.45, 2.75) is 26.8 Å². The van der Waals surface area contributed by atoms with Crippen LogP contribution in [0.2, 0.25) is 0 Å². The highest BCUT2D eigenvalue weighted by Crippen LogP contribution is 2.16. The summed E-state index contributed by atoms with van der Waals surface area (Å²) in [4.78, 5) is 21.9. The van der Waals surface area contributed by atoms with E-state index in [-0.39, 0.29) is 5.56 Å². The first kappa shape index (κ1) is 18.7. The number of H-pyrrole nitrogens is 1. The number of fused-ring (bicyclic) bond motifs is 1. The number of rotatable bonds is 7. The smallest absolute Gasteiger partial charge is 0.277 e. The van der Waals surface area contributed by atoms with Crippen LogP contribution in [0.15, 0.2) is 59.4 Å². The molecule has 29 heavy (non-hydrogen) atoms. The highest BCUT2D eigenvalue weighted by Gasteiger charge is 2.13. The second-order valence-electron chi connectivity index (χ2n) is 6.76. The van der Waals surface area contributed by atoms with E-state index in [1.165, 1.54) is 4.52 Å². The molecule has 0 bridgehead atoms. The van der Waals surface area contributed by atoms with Crippen molar-refractivity contribution in [3.8, 4) is 5.75 Å². The van der Waals surface area contributed by atoms with Crippen molar-refractivity contribution in [2.75, 3.05) is 11.9 Å². The molecule has 148 valence electrons. The minimum absolute atomic E-state index is 0.115. The van der Waals surface area contributed by atoms with Crippen molar-refractivity contribution in [2.24, 2.45) is 0 Å². The zero-order chi connectivity index (χ0) is 20.2. The second kappa shape index (κ2) is 8.18. The number of nitrogens with zero attached hydrogens (tertiary/aromatic N) is 3. The molecule has 2 N–H and O–H groups in total. The van der Waals surface area contributed by atoms with Crippen molar-refractivity contribution in [1.29, 1.82) is 0 Å². The zero-order valence-corrected chi connectivity index (χ0v) is 16.5. The Labute approximate surface area is 168 Å². The molecule has 0 saturated heterocycles. The second-order valence-corrected chi connectivity index (χ2v) is 6.76. The van der Waals surface area contributed by atoms with Crippen LogP contribution in [0.3, 0.4) is 0 Å². The number of hydrogen-bond donors (Lipinski definition) is 2. The predicted molar refractivity (Wildman–Crippen MR) is 113 cm³/mol. The van der Waals surface area contributed by atoms with Gasteiger partial charge in [-0.2, -0.15) is 9.50 Å². The van der Waals surface area contributed by atoms with E-state index in [2.05, 4.69) is 20.4 Å². The van der Waals surface area contributed by atoms with Gasteiger partial charge in [0.05, 0.1) is 18.8 Å². The van der Waals surface area contributed by atoms with Crippen LogP contribution in [-0.4, -0.2) is 26.2 Å². The third kappa shape index (κ3) is 4.13. The van der Waals surface area contributed by atoms with E-state index in [0.717, 1.165) is 17.0 Å². The molecule has 0 spiro atoms. The first-order valence-corrected chi connectivity index (χ1v) is 9.62. The Morgan fingerprint density at radius 2 is 1.83 bits per heavy atom. The maximum absolute atomic E-state index is 13.0. The average molecular weight is 389 g/mol. The normalized spacial score (nSPS) is 11.0. The minimum Gasteiger partial charge on any atom is -0.494 e. The van der Waals surface area contributed by atoms with Gasteiger partial charge in [0.25, 0.3) is 11.3 Å². The molecule has 4 aromatic rings. The summed E-state index contributed by atoms with van der Waals surface area (Å²) in [6, 6.07) is 17.6. The number of ether oxygens (including phenoxy) is 1. The molecule has 0 amide bonds. The molecule has 0 aliphatic rings. The summed E-state index contributed by atoms with van der Waals surface area (Å²) in [7, 11) is 0. The van der Waals surface area contributed by atoms with Crippen LogP contribution in [0.1, 0.15) is 29.6 Å². The molecular formula is C22H23N5O2. The van der Waals surface area contributed by atoms with E-state index in [0.29, 0.717) is 42.4 Å². The quantitative estimate of drug-likeness (QED) is 0.506. The van der Waals surface area contributed by atoms with Gasteiger partial charge in [0.1, 0.15) is 11.6 Å². The molecule has 0 aliphatic carbocycles. The lowest BCUT2D eigenvalue weighted by Crippen LogP contribution is -2.22. The van der Waals surface area contributed by atoms with Gasteiger partial charge in [0.2, 0.25) is 0 Å². The lowest BCUT2D eigenvalue weighted by molar-refractivity contribution is 0.340. The minimum atomic E-state index is -0.115. The Hall–Kier alpha value is -3.61. The summed E-state index contributed by atoms with van der Waals surface area (Å²) >= 11 is 0. The van der Waals surface area contributed by atoms with Gasteiger partial charge in [-0.3, -0.25) is 9.89 Å². The highest BCUT2D eigenvalue weighted by atomic mass is 16.5. The van der Waals surface area contributed by atoms with Crippen LogP contribution in [-0.2, 0) is 13.0 Å². The standard InChI is InChI=1S/C22H23N5O2/c1-3-29-18-11-9-17(10-12-18)23-14-20-25-22-24-15(2)19(21(28)27(22)26-20)13-16-7-5-4-6-8-16/h4-12,23H,3,13-14H2,1-2H3,(H,24,25,26). The molecule has 4 rings (SSSR count). The fourth-order valence-electron chi connectivity index (χ4n) is 3.20. The molecule has 0 fully saturated rings. The molecule has 2 aromatic carbocycles. The number of anilines is 1. The van der Waals surface area contributed by atoms with Gasteiger partial charge < -0.3 is 10.1 Å². The third-order valence-corrected chi connectivity index (χ3v) is 4.69.